The average Bonchev–Trinajstić information content (AvgIpc) is 2.47. The van der Waals surface area contributed by atoms with Crippen molar-refractivity contribution in [1.82, 2.24) is 10.6 Å². The van der Waals surface area contributed by atoms with E-state index in [9.17, 15) is 4.79 Å². The van der Waals surface area contributed by atoms with Crippen LogP contribution in [0.1, 0.15) is 44.7 Å². The number of amides is 1. The van der Waals surface area contributed by atoms with Gasteiger partial charge in [0.1, 0.15) is 0 Å². The Balaban J connectivity index is 2.41. The van der Waals surface area contributed by atoms with Crippen LogP contribution >= 0.6 is 0 Å². The molecule has 1 rings (SSSR count). The summed E-state index contributed by atoms with van der Waals surface area (Å²) < 4.78 is 0. The molecule has 0 bridgehead atoms. The molecule has 2 unspecified atom stereocenters. The van der Waals surface area contributed by atoms with E-state index in [2.05, 4.69) is 16.7 Å². The normalized spacial score (nSPS) is 13.2. The Hall–Kier alpha value is -1.86. The van der Waals surface area contributed by atoms with Gasteiger partial charge in [-0.2, -0.15) is 5.26 Å². The topological polar surface area (TPSA) is 64.9 Å². The Labute approximate surface area is 121 Å². The number of nitriles is 1. The van der Waals surface area contributed by atoms with Gasteiger partial charge in [0, 0.05) is 25.0 Å². The molecular formula is C16H23N3O. The molecule has 4 nitrogen and oxygen atoms in total. The SMILES string of the molecule is CCC(C)NC(=O)CCNC(CC#N)c1ccccc1. The van der Waals surface area contributed by atoms with Gasteiger partial charge in [0.05, 0.1) is 12.5 Å². The van der Waals surface area contributed by atoms with Gasteiger partial charge in [-0.3, -0.25) is 4.79 Å². The maximum atomic E-state index is 11.7. The number of nitrogens with one attached hydrogen (secondary N) is 2. The van der Waals surface area contributed by atoms with Crippen LogP contribution in [0.3, 0.4) is 0 Å². The second-order valence-electron chi connectivity index (χ2n) is 4.91. The van der Waals surface area contributed by atoms with Crippen molar-refractivity contribution in [2.24, 2.45) is 0 Å². The Morgan fingerprint density at radius 2 is 2.05 bits per heavy atom. The van der Waals surface area contributed by atoms with E-state index >= 15 is 0 Å². The lowest BCUT2D eigenvalue weighted by atomic mass is 10.0. The first kappa shape index (κ1) is 16.2. The molecule has 0 aliphatic rings. The Morgan fingerprint density at radius 1 is 1.35 bits per heavy atom. The standard InChI is InChI=1S/C16H23N3O/c1-3-13(2)19-16(20)10-12-18-15(9-11-17)14-7-5-4-6-8-14/h4-8,13,15,18H,3,9-10,12H2,1-2H3,(H,19,20). The Kier molecular flexibility index (Phi) is 7.38. The number of benzene rings is 1. The first-order valence-corrected chi connectivity index (χ1v) is 7.12. The molecule has 2 atom stereocenters. The third-order valence-electron chi connectivity index (χ3n) is 3.26. The van der Waals surface area contributed by atoms with Crippen LogP contribution in [0.2, 0.25) is 0 Å². The van der Waals surface area contributed by atoms with Gasteiger partial charge in [-0.1, -0.05) is 37.3 Å². The van der Waals surface area contributed by atoms with Crippen LogP contribution in [-0.2, 0) is 4.79 Å². The lowest BCUT2D eigenvalue weighted by Gasteiger charge is -2.17. The van der Waals surface area contributed by atoms with Gasteiger partial charge in [0.25, 0.3) is 0 Å². The van der Waals surface area contributed by atoms with Gasteiger partial charge < -0.3 is 10.6 Å². The number of carbonyl (C=O) groups excluding carboxylic acids is 1. The summed E-state index contributed by atoms with van der Waals surface area (Å²) in [5.41, 5.74) is 1.08. The molecule has 1 aromatic carbocycles. The van der Waals surface area contributed by atoms with Crippen molar-refractivity contribution < 1.29 is 4.79 Å². The van der Waals surface area contributed by atoms with Gasteiger partial charge >= 0.3 is 0 Å². The summed E-state index contributed by atoms with van der Waals surface area (Å²) in [7, 11) is 0. The Bertz CT molecular complexity index is 439. The quantitative estimate of drug-likeness (QED) is 0.765. The molecule has 0 radical (unpaired) electrons. The number of carbonyl (C=O) groups is 1. The number of hydrogen-bond acceptors (Lipinski definition) is 3. The average molecular weight is 273 g/mol. The van der Waals surface area contributed by atoms with Crippen LogP contribution in [-0.4, -0.2) is 18.5 Å². The van der Waals surface area contributed by atoms with E-state index in [1.807, 2.05) is 44.2 Å². The third-order valence-corrected chi connectivity index (χ3v) is 3.26. The van der Waals surface area contributed by atoms with Crippen molar-refractivity contribution in [3.05, 3.63) is 35.9 Å². The maximum absolute atomic E-state index is 11.7. The van der Waals surface area contributed by atoms with Gasteiger partial charge in [-0.15, -0.1) is 0 Å². The molecule has 0 spiro atoms. The molecule has 0 aliphatic carbocycles. The first-order chi connectivity index (χ1) is 9.67. The van der Waals surface area contributed by atoms with Crippen LogP contribution < -0.4 is 10.6 Å². The van der Waals surface area contributed by atoms with E-state index < -0.39 is 0 Å². The van der Waals surface area contributed by atoms with E-state index in [0.717, 1.165) is 12.0 Å². The second kappa shape index (κ2) is 9.11. The number of nitrogens with zero attached hydrogens (tertiary/aromatic N) is 1. The number of rotatable bonds is 8. The van der Waals surface area contributed by atoms with Crippen molar-refractivity contribution in [3.8, 4) is 6.07 Å². The molecule has 108 valence electrons. The smallest absolute Gasteiger partial charge is 0.221 e. The summed E-state index contributed by atoms with van der Waals surface area (Å²) in [6, 6.07) is 12.2. The van der Waals surface area contributed by atoms with Gasteiger partial charge in [-0.05, 0) is 18.9 Å². The summed E-state index contributed by atoms with van der Waals surface area (Å²) in [6.07, 6.45) is 1.76. The summed E-state index contributed by atoms with van der Waals surface area (Å²) in [5, 5.41) is 15.1. The van der Waals surface area contributed by atoms with Crippen LogP contribution in [0, 0.1) is 11.3 Å². The highest BCUT2D eigenvalue weighted by molar-refractivity contribution is 5.76. The zero-order chi connectivity index (χ0) is 14.8. The zero-order valence-corrected chi connectivity index (χ0v) is 12.2. The fourth-order valence-electron chi connectivity index (χ4n) is 1.89. The van der Waals surface area contributed by atoms with E-state index in [4.69, 9.17) is 5.26 Å². The lowest BCUT2D eigenvalue weighted by molar-refractivity contribution is -0.121. The third kappa shape index (κ3) is 5.85. The van der Waals surface area contributed by atoms with Gasteiger partial charge in [0.15, 0.2) is 0 Å². The molecule has 0 heterocycles. The molecule has 0 aromatic heterocycles. The minimum absolute atomic E-state index is 0.0161. The Morgan fingerprint density at radius 3 is 2.65 bits per heavy atom. The molecule has 0 aliphatic heterocycles. The second-order valence-corrected chi connectivity index (χ2v) is 4.91. The van der Waals surface area contributed by atoms with E-state index in [0.29, 0.717) is 19.4 Å². The van der Waals surface area contributed by atoms with Gasteiger partial charge in [-0.25, -0.2) is 0 Å². The maximum Gasteiger partial charge on any atom is 0.221 e. The van der Waals surface area contributed by atoms with Crippen molar-refractivity contribution in [3.63, 3.8) is 0 Å². The molecule has 0 saturated heterocycles. The molecule has 2 N–H and O–H groups in total. The zero-order valence-electron chi connectivity index (χ0n) is 12.2. The fourth-order valence-corrected chi connectivity index (χ4v) is 1.89. The first-order valence-electron chi connectivity index (χ1n) is 7.12. The molecule has 20 heavy (non-hydrogen) atoms. The van der Waals surface area contributed by atoms with E-state index in [-0.39, 0.29) is 18.0 Å². The molecule has 4 heteroatoms. The fraction of sp³-hybridized carbons (Fsp3) is 0.500. The van der Waals surface area contributed by atoms with Crippen molar-refractivity contribution >= 4 is 5.91 Å². The summed E-state index contributed by atoms with van der Waals surface area (Å²) in [4.78, 5) is 11.7. The minimum atomic E-state index is -0.0161. The molecule has 0 fully saturated rings. The predicted molar refractivity (Wildman–Crippen MR) is 79.9 cm³/mol. The minimum Gasteiger partial charge on any atom is -0.354 e. The van der Waals surface area contributed by atoms with Crippen LogP contribution in [0.15, 0.2) is 30.3 Å². The van der Waals surface area contributed by atoms with Crippen LogP contribution in [0.4, 0.5) is 0 Å². The van der Waals surface area contributed by atoms with Crippen LogP contribution in [0.25, 0.3) is 0 Å². The van der Waals surface area contributed by atoms with Crippen LogP contribution in [0.5, 0.6) is 0 Å². The van der Waals surface area contributed by atoms with Gasteiger partial charge in [0.2, 0.25) is 5.91 Å². The molecule has 1 aromatic rings. The molecule has 0 saturated carbocycles. The highest BCUT2D eigenvalue weighted by Gasteiger charge is 2.11. The van der Waals surface area contributed by atoms with E-state index in [1.165, 1.54) is 0 Å². The monoisotopic (exact) mass is 273 g/mol. The van der Waals surface area contributed by atoms with Crippen molar-refractivity contribution in [2.75, 3.05) is 6.54 Å². The van der Waals surface area contributed by atoms with Crippen molar-refractivity contribution in [2.45, 2.75) is 45.2 Å². The highest BCUT2D eigenvalue weighted by atomic mass is 16.1. The summed E-state index contributed by atoms with van der Waals surface area (Å²) in [5.74, 6) is 0.0515. The summed E-state index contributed by atoms with van der Waals surface area (Å²) >= 11 is 0. The van der Waals surface area contributed by atoms with E-state index in [1.54, 1.807) is 0 Å². The molecular weight excluding hydrogens is 250 g/mol. The largest absolute Gasteiger partial charge is 0.354 e. The number of hydrogen-bond donors (Lipinski definition) is 2. The van der Waals surface area contributed by atoms with Crippen molar-refractivity contribution in [1.29, 1.82) is 5.26 Å². The molecule has 1 amide bonds. The lowest BCUT2D eigenvalue weighted by Crippen LogP contribution is -2.34. The summed E-state index contributed by atoms with van der Waals surface area (Å²) in [6.45, 7) is 4.61. The highest BCUT2D eigenvalue weighted by Crippen LogP contribution is 2.15. The predicted octanol–water partition coefficient (Wildman–Crippen LogP) is 2.54.